The van der Waals surface area contributed by atoms with Gasteiger partial charge in [-0.25, -0.2) is 0 Å². The third-order valence-corrected chi connectivity index (χ3v) is 10.1. The number of carbonyl (C=O) groups is 3. The predicted molar refractivity (Wildman–Crippen MR) is 260 cm³/mol. The van der Waals surface area contributed by atoms with E-state index in [0.29, 0.717) is 19.3 Å². The number of hydrogen-bond acceptors (Lipinski definition) is 6. The second-order valence-corrected chi connectivity index (χ2v) is 16.0. The Balaban J connectivity index is 4.49. The lowest BCUT2D eigenvalue weighted by molar-refractivity contribution is -0.167. The summed E-state index contributed by atoms with van der Waals surface area (Å²) in [6.07, 6.45) is 63.9. The second-order valence-electron chi connectivity index (χ2n) is 16.0. The number of carbonyl (C=O) groups excluding carboxylic acids is 3. The quantitative estimate of drug-likeness (QED) is 0.0200. The number of esters is 3. The van der Waals surface area contributed by atoms with Gasteiger partial charge in [0.2, 0.25) is 0 Å². The van der Waals surface area contributed by atoms with Crippen LogP contribution < -0.4 is 0 Å². The Morgan fingerprint density at radius 2 is 0.689 bits per heavy atom. The van der Waals surface area contributed by atoms with Gasteiger partial charge in [0.25, 0.3) is 0 Å². The highest BCUT2D eigenvalue weighted by Crippen LogP contribution is 2.13. The molecule has 1 atom stereocenters. The molecular formula is C55H90O6. The first-order chi connectivity index (χ1) is 30.0. The van der Waals surface area contributed by atoms with Crippen LogP contribution in [0.2, 0.25) is 0 Å². The van der Waals surface area contributed by atoms with Gasteiger partial charge in [-0.3, -0.25) is 14.4 Å². The fourth-order valence-corrected chi connectivity index (χ4v) is 6.40. The maximum atomic E-state index is 12.8. The van der Waals surface area contributed by atoms with Crippen LogP contribution in [0.1, 0.15) is 213 Å². The number of rotatable bonds is 43. The van der Waals surface area contributed by atoms with Crippen molar-refractivity contribution >= 4 is 17.9 Å². The molecule has 0 rings (SSSR count). The third-order valence-electron chi connectivity index (χ3n) is 10.1. The number of unbranched alkanes of at least 4 members (excludes halogenated alkanes) is 17. The monoisotopic (exact) mass is 847 g/mol. The minimum atomic E-state index is -0.802. The van der Waals surface area contributed by atoms with E-state index in [1.165, 1.54) is 38.5 Å². The smallest absolute Gasteiger partial charge is 0.306 e. The number of allylic oxidation sites excluding steroid dienone is 16. The zero-order valence-corrected chi connectivity index (χ0v) is 39.4. The zero-order valence-electron chi connectivity index (χ0n) is 39.4. The summed E-state index contributed by atoms with van der Waals surface area (Å²) < 4.78 is 16.7. The SMILES string of the molecule is CC/C=C\C/C=C\C/C=C\C/C=C\CCCCCC(=O)OCC(COC(=O)CCCCCCC/C=C\C/C=C\CC)OC(=O)CCCCCCCC/C=C\C=C/CCCCC. The molecule has 0 aliphatic rings. The van der Waals surface area contributed by atoms with E-state index in [0.717, 1.165) is 135 Å². The molecule has 0 aliphatic heterocycles. The Hall–Kier alpha value is -3.67. The van der Waals surface area contributed by atoms with Crippen LogP contribution in [0.4, 0.5) is 0 Å². The minimum absolute atomic E-state index is 0.102. The van der Waals surface area contributed by atoms with Crippen molar-refractivity contribution in [2.24, 2.45) is 0 Å². The molecule has 0 aromatic rings. The van der Waals surface area contributed by atoms with E-state index in [4.69, 9.17) is 14.2 Å². The van der Waals surface area contributed by atoms with Gasteiger partial charge in [0.05, 0.1) is 0 Å². The molecule has 1 unspecified atom stereocenters. The lowest BCUT2D eigenvalue weighted by Gasteiger charge is -2.18. The Labute approximate surface area is 375 Å². The van der Waals surface area contributed by atoms with Gasteiger partial charge >= 0.3 is 17.9 Å². The summed E-state index contributed by atoms with van der Waals surface area (Å²) in [6, 6.07) is 0. The fourth-order valence-electron chi connectivity index (χ4n) is 6.40. The maximum absolute atomic E-state index is 12.8. The maximum Gasteiger partial charge on any atom is 0.306 e. The molecule has 0 spiro atoms. The van der Waals surface area contributed by atoms with Crippen molar-refractivity contribution in [2.45, 2.75) is 219 Å². The molecule has 61 heavy (non-hydrogen) atoms. The summed E-state index contributed by atoms with van der Waals surface area (Å²) in [6.45, 7) is 6.32. The van der Waals surface area contributed by atoms with E-state index in [9.17, 15) is 14.4 Å². The van der Waals surface area contributed by atoms with Crippen LogP contribution in [0.5, 0.6) is 0 Å². The van der Waals surface area contributed by atoms with Gasteiger partial charge in [0.1, 0.15) is 13.2 Å². The van der Waals surface area contributed by atoms with Crippen molar-refractivity contribution in [1.29, 1.82) is 0 Å². The summed E-state index contributed by atoms with van der Waals surface area (Å²) >= 11 is 0. The van der Waals surface area contributed by atoms with Crippen molar-refractivity contribution in [3.63, 3.8) is 0 Å². The predicted octanol–water partition coefficient (Wildman–Crippen LogP) is 16.2. The van der Waals surface area contributed by atoms with Gasteiger partial charge in [-0.05, 0) is 109 Å². The van der Waals surface area contributed by atoms with Gasteiger partial charge in [-0.2, -0.15) is 0 Å². The second kappa shape index (κ2) is 49.0. The highest BCUT2D eigenvalue weighted by atomic mass is 16.6. The Bertz CT molecular complexity index is 1250. The number of ether oxygens (including phenoxy) is 3. The molecule has 0 amide bonds. The Kier molecular flexibility index (Phi) is 46.0. The van der Waals surface area contributed by atoms with Crippen LogP contribution in [0, 0.1) is 0 Å². The fraction of sp³-hybridized carbons (Fsp3) is 0.655. The molecule has 0 aromatic carbocycles. The van der Waals surface area contributed by atoms with Crippen molar-refractivity contribution < 1.29 is 28.6 Å². The van der Waals surface area contributed by atoms with E-state index >= 15 is 0 Å². The first-order valence-corrected chi connectivity index (χ1v) is 24.8. The van der Waals surface area contributed by atoms with Crippen LogP contribution in [0.15, 0.2) is 97.2 Å². The Morgan fingerprint density at radius 3 is 1.11 bits per heavy atom. The Morgan fingerprint density at radius 1 is 0.361 bits per heavy atom. The topological polar surface area (TPSA) is 78.9 Å². The van der Waals surface area contributed by atoms with Gasteiger partial charge in [-0.15, -0.1) is 0 Å². The summed E-state index contributed by atoms with van der Waals surface area (Å²) in [5.74, 6) is -0.965. The standard InChI is InChI=1S/C55H90O6/c1-4-7-10-13-16-19-22-25-27-29-30-33-36-39-42-45-48-54(57)60-51-52(50-59-53(56)47-44-41-38-35-32-24-21-18-15-12-9-6-3)61-55(58)49-46-43-40-37-34-31-28-26-23-20-17-14-11-8-5-2/h7,9-10,12,16-21,23,25-27,30,33,52H,4-6,8,11,13-15,22,24,28-29,31-32,34-51H2,1-3H3/b10-7-,12-9-,19-16-,20-17-,21-18-,26-23-,27-25-,33-30-. The number of hydrogen-bond donors (Lipinski definition) is 0. The van der Waals surface area contributed by atoms with Crippen LogP contribution in [0.3, 0.4) is 0 Å². The molecule has 0 aliphatic carbocycles. The van der Waals surface area contributed by atoms with Crippen molar-refractivity contribution in [3.05, 3.63) is 97.2 Å². The summed E-state index contributed by atoms with van der Waals surface area (Å²) in [7, 11) is 0. The van der Waals surface area contributed by atoms with Gasteiger partial charge in [0.15, 0.2) is 6.10 Å². The minimum Gasteiger partial charge on any atom is -0.462 e. The summed E-state index contributed by atoms with van der Waals surface area (Å²) in [4.78, 5) is 37.9. The average Bonchev–Trinajstić information content (AvgIpc) is 3.26. The zero-order chi connectivity index (χ0) is 44.4. The lowest BCUT2D eigenvalue weighted by Crippen LogP contribution is -2.30. The van der Waals surface area contributed by atoms with Crippen molar-refractivity contribution in [1.82, 2.24) is 0 Å². The van der Waals surface area contributed by atoms with E-state index in [1.54, 1.807) is 0 Å². The van der Waals surface area contributed by atoms with Crippen molar-refractivity contribution in [2.75, 3.05) is 13.2 Å². The molecule has 0 N–H and O–H groups in total. The van der Waals surface area contributed by atoms with Gasteiger partial charge < -0.3 is 14.2 Å². The molecule has 0 saturated carbocycles. The van der Waals surface area contributed by atoms with Crippen LogP contribution in [-0.4, -0.2) is 37.2 Å². The largest absolute Gasteiger partial charge is 0.462 e. The molecule has 0 heterocycles. The first kappa shape index (κ1) is 57.3. The first-order valence-electron chi connectivity index (χ1n) is 24.8. The average molecular weight is 847 g/mol. The molecular weight excluding hydrogens is 757 g/mol. The van der Waals surface area contributed by atoms with Crippen LogP contribution in [-0.2, 0) is 28.6 Å². The molecule has 0 bridgehead atoms. The molecule has 6 heteroatoms. The summed E-state index contributed by atoms with van der Waals surface area (Å²) in [5.41, 5.74) is 0. The van der Waals surface area contributed by atoms with E-state index in [-0.39, 0.29) is 31.1 Å². The van der Waals surface area contributed by atoms with E-state index in [1.807, 2.05) is 0 Å². The van der Waals surface area contributed by atoms with Crippen LogP contribution in [0.25, 0.3) is 0 Å². The molecule has 0 saturated heterocycles. The van der Waals surface area contributed by atoms with E-state index < -0.39 is 6.10 Å². The molecule has 346 valence electrons. The van der Waals surface area contributed by atoms with Gasteiger partial charge in [0, 0.05) is 19.3 Å². The molecule has 0 aromatic heterocycles. The molecule has 0 fully saturated rings. The normalized spacial score (nSPS) is 12.9. The van der Waals surface area contributed by atoms with E-state index in [2.05, 4.69) is 118 Å². The van der Waals surface area contributed by atoms with Gasteiger partial charge in [-0.1, -0.05) is 182 Å². The third kappa shape index (κ3) is 47.2. The van der Waals surface area contributed by atoms with Crippen LogP contribution >= 0.6 is 0 Å². The molecule has 6 nitrogen and oxygen atoms in total. The highest BCUT2D eigenvalue weighted by molar-refractivity contribution is 5.71. The highest BCUT2D eigenvalue weighted by Gasteiger charge is 2.19. The van der Waals surface area contributed by atoms with Crippen molar-refractivity contribution in [3.8, 4) is 0 Å². The summed E-state index contributed by atoms with van der Waals surface area (Å²) in [5, 5.41) is 0. The molecule has 0 radical (unpaired) electrons. The lowest BCUT2D eigenvalue weighted by atomic mass is 10.1.